The van der Waals surface area contributed by atoms with Crippen molar-refractivity contribution in [2.45, 2.75) is 19.8 Å². The highest BCUT2D eigenvalue weighted by Gasteiger charge is 2.43. The smallest absolute Gasteiger partial charge is 0.336 e. The molecule has 2 unspecified atom stereocenters. The van der Waals surface area contributed by atoms with Crippen molar-refractivity contribution in [2.75, 3.05) is 26.9 Å². The van der Waals surface area contributed by atoms with E-state index >= 15 is 0 Å². The van der Waals surface area contributed by atoms with Gasteiger partial charge in [0.15, 0.2) is 0 Å². The van der Waals surface area contributed by atoms with Crippen molar-refractivity contribution in [3.63, 3.8) is 0 Å². The number of halogens is 1. The number of esters is 2. The Morgan fingerprint density at radius 3 is 2.52 bits per heavy atom. The van der Waals surface area contributed by atoms with Crippen molar-refractivity contribution in [2.24, 2.45) is 16.6 Å². The van der Waals surface area contributed by atoms with Crippen molar-refractivity contribution in [3.05, 3.63) is 46.1 Å². The van der Waals surface area contributed by atoms with E-state index in [0.717, 1.165) is 0 Å². The molecule has 1 heterocycles. The van der Waals surface area contributed by atoms with Crippen LogP contribution in [0.2, 0.25) is 5.02 Å². The molecule has 1 aliphatic rings. The molecule has 0 saturated heterocycles. The molecule has 2 N–H and O–H groups in total. The van der Waals surface area contributed by atoms with Crippen LogP contribution in [0.5, 0.6) is 0 Å². The SMILES string of the molecule is CCOC(=O)C1=C(COCC(N)=O)N=C(C)C(C(=O)OC)C1c1ccccc1Cl. The fraction of sp³-hybridized carbons (Fsp3) is 0.400. The highest BCUT2D eigenvalue weighted by molar-refractivity contribution is 6.31. The van der Waals surface area contributed by atoms with E-state index in [1.807, 2.05) is 0 Å². The first-order valence-corrected chi connectivity index (χ1v) is 9.33. The number of hydrogen-bond acceptors (Lipinski definition) is 7. The summed E-state index contributed by atoms with van der Waals surface area (Å²) in [5.74, 6) is -3.54. The van der Waals surface area contributed by atoms with Gasteiger partial charge in [0.05, 0.1) is 31.6 Å². The van der Waals surface area contributed by atoms with Gasteiger partial charge in [0.2, 0.25) is 5.91 Å². The van der Waals surface area contributed by atoms with Gasteiger partial charge in [-0.25, -0.2) is 4.79 Å². The van der Waals surface area contributed by atoms with Gasteiger partial charge in [-0.1, -0.05) is 29.8 Å². The number of ether oxygens (including phenoxy) is 3. The molecule has 8 nitrogen and oxygen atoms in total. The molecule has 2 rings (SSSR count). The minimum absolute atomic E-state index is 0.124. The van der Waals surface area contributed by atoms with Crippen LogP contribution in [0.1, 0.15) is 25.3 Å². The van der Waals surface area contributed by atoms with Crippen LogP contribution in [0.25, 0.3) is 0 Å². The van der Waals surface area contributed by atoms with Crippen LogP contribution >= 0.6 is 11.6 Å². The lowest BCUT2D eigenvalue weighted by atomic mass is 9.75. The normalized spacial score (nSPS) is 18.8. The van der Waals surface area contributed by atoms with Crippen molar-refractivity contribution in [1.29, 1.82) is 0 Å². The summed E-state index contributed by atoms with van der Waals surface area (Å²) >= 11 is 6.40. The number of primary amides is 1. The van der Waals surface area contributed by atoms with Crippen molar-refractivity contribution in [3.8, 4) is 0 Å². The molecule has 1 aliphatic heterocycles. The van der Waals surface area contributed by atoms with Crippen LogP contribution < -0.4 is 5.73 Å². The molecule has 156 valence electrons. The van der Waals surface area contributed by atoms with Crippen LogP contribution in [-0.4, -0.2) is 50.5 Å². The average Bonchev–Trinajstić information content (AvgIpc) is 2.67. The molecule has 0 radical (unpaired) electrons. The van der Waals surface area contributed by atoms with Gasteiger partial charge in [-0.15, -0.1) is 0 Å². The Labute approximate surface area is 173 Å². The molecular weight excluding hydrogens is 400 g/mol. The summed E-state index contributed by atoms with van der Waals surface area (Å²) in [7, 11) is 1.26. The summed E-state index contributed by atoms with van der Waals surface area (Å²) in [5, 5.41) is 0.375. The molecule has 0 bridgehead atoms. The Kier molecular flexibility index (Phi) is 7.92. The number of nitrogens with two attached hydrogens (primary N) is 1. The molecule has 0 spiro atoms. The highest BCUT2D eigenvalue weighted by Crippen LogP contribution is 2.42. The molecule has 2 atom stereocenters. The second-order valence-electron chi connectivity index (χ2n) is 6.29. The van der Waals surface area contributed by atoms with Crippen molar-refractivity contribution >= 4 is 35.2 Å². The standard InChI is InChI=1S/C20H23ClN2O6/c1-4-29-20(26)18-14(9-28-10-15(22)24)23-11(2)16(19(25)27-3)17(18)12-7-5-6-8-13(12)21/h5-8,16-17H,4,9-10H2,1-3H3,(H2,22,24). The van der Waals surface area contributed by atoms with Crippen molar-refractivity contribution in [1.82, 2.24) is 0 Å². The Hall–Kier alpha value is -2.71. The third-order valence-corrected chi connectivity index (χ3v) is 4.73. The average molecular weight is 423 g/mol. The number of hydrogen-bond donors (Lipinski definition) is 1. The summed E-state index contributed by atoms with van der Waals surface area (Å²) in [6.07, 6.45) is 0. The molecule has 0 saturated carbocycles. The quantitative estimate of drug-likeness (QED) is 0.640. The summed E-state index contributed by atoms with van der Waals surface area (Å²) in [5.41, 5.74) is 6.46. The Balaban J connectivity index is 2.66. The van der Waals surface area contributed by atoms with Crippen LogP contribution in [0.15, 0.2) is 40.5 Å². The second kappa shape index (κ2) is 10.2. The first-order chi connectivity index (χ1) is 13.8. The summed E-state index contributed by atoms with van der Waals surface area (Å²) in [6.45, 7) is 2.94. The van der Waals surface area contributed by atoms with Crippen molar-refractivity contribution < 1.29 is 28.6 Å². The molecule has 0 aliphatic carbocycles. The molecule has 0 fully saturated rings. The molecule has 0 aromatic heterocycles. The number of nitrogens with zero attached hydrogens (tertiary/aromatic N) is 1. The Morgan fingerprint density at radius 1 is 1.24 bits per heavy atom. The lowest BCUT2D eigenvalue weighted by molar-refractivity contribution is -0.144. The summed E-state index contributed by atoms with van der Waals surface area (Å²) < 4.78 is 15.5. The zero-order valence-corrected chi connectivity index (χ0v) is 17.2. The number of carbonyl (C=O) groups is 3. The van der Waals surface area contributed by atoms with Crippen LogP contribution in [0.4, 0.5) is 0 Å². The topological polar surface area (TPSA) is 117 Å². The fourth-order valence-corrected chi connectivity index (χ4v) is 3.49. The van der Waals surface area contributed by atoms with Crippen LogP contribution in [-0.2, 0) is 28.6 Å². The maximum Gasteiger partial charge on any atom is 0.336 e. The summed E-state index contributed by atoms with van der Waals surface area (Å²) in [4.78, 5) is 40.9. The minimum atomic E-state index is -0.876. The summed E-state index contributed by atoms with van der Waals surface area (Å²) in [6, 6.07) is 6.89. The minimum Gasteiger partial charge on any atom is -0.468 e. The van der Waals surface area contributed by atoms with Crippen LogP contribution in [0, 0.1) is 5.92 Å². The molecule has 1 amide bonds. The van der Waals surface area contributed by atoms with Gasteiger partial charge in [-0.2, -0.15) is 0 Å². The zero-order chi connectivity index (χ0) is 21.6. The van der Waals surface area contributed by atoms with Crippen LogP contribution in [0.3, 0.4) is 0 Å². The first-order valence-electron chi connectivity index (χ1n) is 8.95. The molecule has 1 aromatic rings. The van der Waals surface area contributed by atoms with E-state index in [0.29, 0.717) is 16.3 Å². The van der Waals surface area contributed by atoms with E-state index in [4.69, 9.17) is 31.5 Å². The van der Waals surface area contributed by atoms with E-state index in [1.54, 1.807) is 38.1 Å². The largest absolute Gasteiger partial charge is 0.468 e. The van der Waals surface area contributed by atoms with E-state index in [9.17, 15) is 14.4 Å². The lowest BCUT2D eigenvalue weighted by Crippen LogP contribution is -2.37. The molecule has 29 heavy (non-hydrogen) atoms. The number of rotatable bonds is 8. The maximum absolute atomic E-state index is 12.9. The van der Waals surface area contributed by atoms with E-state index in [-0.39, 0.29) is 31.1 Å². The van der Waals surface area contributed by atoms with Gasteiger partial charge in [0.25, 0.3) is 0 Å². The van der Waals surface area contributed by atoms with E-state index in [2.05, 4.69) is 4.99 Å². The predicted molar refractivity (Wildman–Crippen MR) is 106 cm³/mol. The number of carbonyl (C=O) groups excluding carboxylic acids is 3. The van der Waals surface area contributed by atoms with E-state index in [1.165, 1.54) is 7.11 Å². The highest BCUT2D eigenvalue weighted by atomic mass is 35.5. The number of amides is 1. The maximum atomic E-state index is 12.9. The van der Waals surface area contributed by atoms with Gasteiger partial charge in [-0.05, 0) is 25.5 Å². The van der Waals surface area contributed by atoms with E-state index < -0.39 is 29.7 Å². The monoisotopic (exact) mass is 422 g/mol. The fourth-order valence-electron chi connectivity index (χ4n) is 3.24. The molecule has 1 aromatic carbocycles. The third kappa shape index (κ3) is 5.21. The predicted octanol–water partition coefficient (Wildman–Crippen LogP) is 2.01. The molecular formula is C20H23ClN2O6. The first kappa shape index (κ1) is 22.6. The molecule has 9 heteroatoms. The van der Waals surface area contributed by atoms with Gasteiger partial charge in [0, 0.05) is 16.7 Å². The lowest BCUT2D eigenvalue weighted by Gasteiger charge is -2.32. The third-order valence-electron chi connectivity index (χ3n) is 4.39. The van der Waals surface area contributed by atoms with Gasteiger partial charge < -0.3 is 19.9 Å². The Morgan fingerprint density at radius 2 is 1.93 bits per heavy atom. The number of benzene rings is 1. The van der Waals surface area contributed by atoms with Gasteiger partial charge in [0.1, 0.15) is 12.5 Å². The number of aliphatic imine (C=N–C) groups is 1. The zero-order valence-electron chi connectivity index (χ0n) is 16.4. The Bertz CT molecular complexity index is 864. The van der Waals surface area contributed by atoms with Gasteiger partial charge >= 0.3 is 11.9 Å². The van der Waals surface area contributed by atoms with Gasteiger partial charge in [-0.3, -0.25) is 14.6 Å². The number of methoxy groups -OCH3 is 1. The second-order valence-corrected chi connectivity index (χ2v) is 6.70.